The van der Waals surface area contributed by atoms with Crippen molar-refractivity contribution >= 4 is 17.4 Å². The fourth-order valence-electron chi connectivity index (χ4n) is 4.86. The van der Waals surface area contributed by atoms with E-state index in [2.05, 4.69) is 37.1 Å². The Labute approximate surface area is 200 Å². The SMILES string of the molecule is COc1ccc(N2CCN(C(=O)C3CCCN(c4ccc(-n5ccnc5C)nn4)C3)CC2)cc1. The van der Waals surface area contributed by atoms with Crippen LogP contribution in [0.2, 0.25) is 0 Å². The van der Waals surface area contributed by atoms with Crippen molar-refractivity contribution in [2.75, 3.05) is 56.2 Å². The Hall–Kier alpha value is -3.62. The molecule has 2 aliphatic rings. The van der Waals surface area contributed by atoms with Crippen LogP contribution in [0, 0.1) is 12.8 Å². The minimum absolute atomic E-state index is 0.00124. The topological polar surface area (TPSA) is 79.6 Å². The van der Waals surface area contributed by atoms with E-state index in [-0.39, 0.29) is 11.8 Å². The average molecular weight is 462 g/mol. The molecule has 34 heavy (non-hydrogen) atoms. The standard InChI is InChI=1S/C25H31N7O2/c1-19-26-11-13-32(19)24-10-9-23(27-28-24)31-12-3-4-20(18-31)25(33)30-16-14-29(15-17-30)21-5-7-22(34-2)8-6-21/h5-11,13,20H,3-4,12,14-18H2,1-2H3. The monoisotopic (exact) mass is 461 g/mol. The van der Waals surface area contributed by atoms with E-state index < -0.39 is 0 Å². The number of hydrogen-bond acceptors (Lipinski definition) is 7. The summed E-state index contributed by atoms with van der Waals surface area (Å²) in [5, 5.41) is 8.84. The summed E-state index contributed by atoms with van der Waals surface area (Å²) in [4.78, 5) is 24.1. The Bertz CT molecular complexity index is 1110. The minimum atomic E-state index is -0.00124. The third kappa shape index (κ3) is 4.55. The smallest absolute Gasteiger partial charge is 0.227 e. The normalized spacial score (nSPS) is 18.8. The van der Waals surface area contributed by atoms with E-state index in [1.165, 1.54) is 5.69 Å². The lowest BCUT2D eigenvalue weighted by molar-refractivity contribution is -0.136. The minimum Gasteiger partial charge on any atom is -0.497 e. The Morgan fingerprint density at radius 1 is 0.941 bits per heavy atom. The molecule has 0 saturated carbocycles. The number of anilines is 2. The van der Waals surface area contributed by atoms with Crippen LogP contribution in [0.25, 0.3) is 5.82 Å². The fourth-order valence-corrected chi connectivity index (χ4v) is 4.86. The zero-order chi connectivity index (χ0) is 23.5. The number of nitrogens with zero attached hydrogens (tertiary/aromatic N) is 7. The van der Waals surface area contributed by atoms with E-state index in [1.54, 1.807) is 13.3 Å². The molecule has 9 nitrogen and oxygen atoms in total. The van der Waals surface area contributed by atoms with E-state index in [9.17, 15) is 4.79 Å². The molecule has 0 N–H and O–H groups in total. The maximum atomic E-state index is 13.3. The molecule has 0 radical (unpaired) electrons. The summed E-state index contributed by atoms with van der Waals surface area (Å²) >= 11 is 0. The van der Waals surface area contributed by atoms with E-state index >= 15 is 0 Å². The third-order valence-corrected chi connectivity index (χ3v) is 6.83. The highest BCUT2D eigenvalue weighted by molar-refractivity contribution is 5.80. The molecule has 0 aliphatic carbocycles. The van der Waals surface area contributed by atoms with Gasteiger partial charge in [-0.05, 0) is 56.2 Å². The summed E-state index contributed by atoms with van der Waals surface area (Å²) in [5.74, 6) is 3.56. The Balaban J connectivity index is 1.18. The van der Waals surface area contributed by atoms with Crippen LogP contribution in [0.1, 0.15) is 18.7 Å². The first-order valence-electron chi connectivity index (χ1n) is 11.9. The van der Waals surface area contributed by atoms with Crippen LogP contribution in [0.3, 0.4) is 0 Å². The van der Waals surface area contributed by atoms with Gasteiger partial charge in [-0.2, -0.15) is 0 Å². The molecule has 0 bridgehead atoms. The number of aromatic nitrogens is 4. The summed E-state index contributed by atoms with van der Waals surface area (Å²) in [6.45, 7) is 6.71. The first-order chi connectivity index (χ1) is 16.6. The molecule has 2 aromatic heterocycles. The maximum Gasteiger partial charge on any atom is 0.227 e. The molecule has 3 aromatic rings. The van der Waals surface area contributed by atoms with Gasteiger partial charge in [0.1, 0.15) is 11.6 Å². The first-order valence-corrected chi connectivity index (χ1v) is 11.9. The maximum absolute atomic E-state index is 13.3. The molecule has 2 fully saturated rings. The van der Waals surface area contributed by atoms with E-state index in [0.717, 1.165) is 68.8 Å². The van der Waals surface area contributed by atoms with Crippen LogP contribution in [0.15, 0.2) is 48.8 Å². The number of benzene rings is 1. The molecule has 9 heteroatoms. The van der Waals surface area contributed by atoms with E-state index in [0.29, 0.717) is 6.54 Å². The number of ether oxygens (including phenoxy) is 1. The van der Waals surface area contributed by atoms with Crippen molar-refractivity contribution < 1.29 is 9.53 Å². The molecular formula is C25H31N7O2. The third-order valence-electron chi connectivity index (χ3n) is 6.83. The highest BCUT2D eigenvalue weighted by Crippen LogP contribution is 2.25. The van der Waals surface area contributed by atoms with Gasteiger partial charge in [0.2, 0.25) is 5.91 Å². The molecule has 2 saturated heterocycles. The van der Waals surface area contributed by atoms with Gasteiger partial charge in [0.05, 0.1) is 13.0 Å². The highest BCUT2D eigenvalue weighted by atomic mass is 16.5. The van der Waals surface area contributed by atoms with Crippen molar-refractivity contribution in [2.45, 2.75) is 19.8 Å². The molecule has 5 rings (SSSR count). The van der Waals surface area contributed by atoms with Gasteiger partial charge >= 0.3 is 0 Å². The van der Waals surface area contributed by atoms with Crippen molar-refractivity contribution in [1.29, 1.82) is 0 Å². The van der Waals surface area contributed by atoms with Crippen LogP contribution < -0.4 is 14.5 Å². The van der Waals surface area contributed by atoms with Gasteiger partial charge in [-0.15, -0.1) is 10.2 Å². The number of hydrogen-bond donors (Lipinski definition) is 0. The number of methoxy groups -OCH3 is 1. The largest absolute Gasteiger partial charge is 0.497 e. The molecule has 1 amide bonds. The Kier molecular flexibility index (Phi) is 6.33. The zero-order valence-electron chi connectivity index (χ0n) is 19.8. The van der Waals surface area contributed by atoms with Crippen LogP contribution in [-0.4, -0.2) is 76.9 Å². The van der Waals surface area contributed by atoms with Crippen LogP contribution >= 0.6 is 0 Å². The van der Waals surface area contributed by atoms with Crippen LogP contribution in [0.4, 0.5) is 11.5 Å². The second kappa shape index (κ2) is 9.70. The number of rotatable bonds is 5. The lowest BCUT2D eigenvalue weighted by atomic mass is 9.96. The Morgan fingerprint density at radius 2 is 1.68 bits per heavy atom. The van der Waals surface area contributed by atoms with Crippen molar-refractivity contribution in [1.82, 2.24) is 24.6 Å². The van der Waals surface area contributed by atoms with Crippen molar-refractivity contribution in [3.8, 4) is 11.6 Å². The van der Waals surface area contributed by atoms with Gasteiger partial charge in [-0.3, -0.25) is 9.36 Å². The van der Waals surface area contributed by atoms with Gasteiger partial charge in [0, 0.05) is 57.3 Å². The number of aryl methyl sites for hydroxylation is 1. The predicted octanol–water partition coefficient (Wildman–Crippen LogP) is 2.54. The van der Waals surface area contributed by atoms with Crippen molar-refractivity contribution in [2.24, 2.45) is 5.92 Å². The zero-order valence-corrected chi connectivity index (χ0v) is 19.8. The Morgan fingerprint density at radius 3 is 2.32 bits per heavy atom. The van der Waals surface area contributed by atoms with Crippen molar-refractivity contribution in [3.63, 3.8) is 0 Å². The van der Waals surface area contributed by atoms with Gasteiger partial charge in [-0.25, -0.2) is 4.98 Å². The highest BCUT2D eigenvalue weighted by Gasteiger charge is 2.31. The van der Waals surface area contributed by atoms with Gasteiger partial charge < -0.3 is 19.4 Å². The van der Waals surface area contributed by atoms with Crippen LogP contribution in [0.5, 0.6) is 5.75 Å². The van der Waals surface area contributed by atoms with Crippen LogP contribution in [-0.2, 0) is 4.79 Å². The second-order valence-corrected chi connectivity index (χ2v) is 8.89. The second-order valence-electron chi connectivity index (χ2n) is 8.89. The van der Waals surface area contributed by atoms with Gasteiger partial charge in [0.15, 0.2) is 11.6 Å². The fraction of sp³-hybridized carbons (Fsp3) is 0.440. The lowest BCUT2D eigenvalue weighted by Gasteiger charge is -2.40. The molecule has 4 heterocycles. The average Bonchev–Trinajstić information content (AvgIpc) is 3.34. The molecule has 178 valence electrons. The molecule has 2 aliphatic heterocycles. The number of piperazine rings is 1. The molecule has 0 spiro atoms. The van der Waals surface area contributed by atoms with Crippen molar-refractivity contribution in [3.05, 3.63) is 54.6 Å². The van der Waals surface area contributed by atoms with Gasteiger partial charge in [0.25, 0.3) is 0 Å². The number of carbonyl (C=O) groups excluding carboxylic acids is 1. The summed E-state index contributed by atoms with van der Waals surface area (Å²) < 4.78 is 7.16. The number of imidazole rings is 1. The summed E-state index contributed by atoms with van der Waals surface area (Å²) in [7, 11) is 1.68. The number of piperidine rings is 1. The number of amides is 1. The lowest BCUT2D eigenvalue weighted by Crippen LogP contribution is -2.52. The first kappa shape index (κ1) is 22.2. The molecule has 1 atom stereocenters. The molecule has 1 unspecified atom stereocenters. The summed E-state index contributed by atoms with van der Waals surface area (Å²) in [6, 6.07) is 12.1. The predicted molar refractivity (Wildman–Crippen MR) is 131 cm³/mol. The quantitative estimate of drug-likeness (QED) is 0.578. The summed E-state index contributed by atoms with van der Waals surface area (Å²) in [5.41, 5.74) is 1.17. The van der Waals surface area contributed by atoms with E-state index in [4.69, 9.17) is 4.74 Å². The molecule has 1 aromatic carbocycles. The van der Waals surface area contributed by atoms with E-state index in [1.807, 2.05) is 46.9 Å². The molecular weight excluding hydrogens is 430 g/mol. The summed E-state index contributed by atoms with van der Waals surface area (Å²) in [6.07, 6.45) is 5.53. The van der Waals surface area contributed by atoms with Gasteiger partial charge in [-0.1, -0.05) is 0 Å². The number of carbonyl (C=O) groups is 1.